The Morgan fingerprint density at radius 3 is 2.50 bits per heavy atom. The number of aromatic nitrogens is 2. The van der Waals surface area contributed by atoms with Crippen LogP contribution in [0.2, 0.25) is 0 Å². The molecule has 1 aliphatic carbocycles. The molecule has 10 heteroatoms. The number of nitrogens with zero attached hydrogens (tertiary/aromatic N) is 4. The van der Waals surface area contributed by atoms with Gasteiger partial charge in [-0.05, 0) is 86.0 Å². The van der Waals surface area contributed by atoms with Crippen molar-refractivity contribution < 1.29 is 23.7 Å². The zero-order valence-electron chi connectivity index (χ0n) is 24.9. The van der Waals surface area contributed by atoms with E-state index in [1.54, 1.807) is 7.11 Å². The van der Waals surface area contributed by atoms with Crippen LogP contribution in [0.3, 0.4) is 0 Å². The lowest BCUT2D eigenvalue weighted by Crippen LogP contribution is -2.50. The fourth-order valence-electron chi connectivity index (χ4n) is 5.76. The quantitative estimate of drug-likeness (QED) is 0.264. The zero-order chi connectivity index (χ0) is 29.6. The van der Waals surface area contributed by atoms with Gasteiger partial charge in [-0.15, -0.1) is 0 Å². The Morgan fingerprint density at radius 2 is 1.86 bits per heavy atom. The maximum atomic E-state index is 12.9. The third-order valence-electron chi connectivity index (χ3n) is 8.11. The molecule has 1 aromatic heterocycles. The number of piperazine rings is 1. The molecule has 3 atom stereocenters. The first-order chi connectivity index (χ1) is 20.1. The number of fused-ring (bicyclic) bond motifs is 3. The summed E-state index contributed by atoms with van der Waals surface area (Å²) < 4.78 is 24.6. The van der Waals surface area contributed by atoms with Gasteiger partial charge in [0.15, 0.2) is 5.75 Å². The van der Waals surface area contributed by atoms with Crippen molar-refractivity contribution in [3.8, 4) is 11.8 Å². The van der Waals surface area contributed by atoms with E-state index in [2.05, 4.69) is 39.0 Å². The number of carbonyl (C=O) groups excluding carboxylic acids is 1. The van der Waals surface area contributed by atoms with Crippen molar-refractivity contribution in [1.82, 2.24) is 14.9 Å². The average molecular weight is 640 g/mol. The van der Waals surface area contributed by atoms with E-state index in [0.717, 1.165) is 40.5 Å². The maximum Gasteiger partial charge on any atom is 0.410 e. The number of hydrogen-bond donors (Lipinski definition) is 0. The van der Waals surface area contributed by atoms with Gasteiger partial charge < -0.3 is 28.7 Å². The number of benzene rings is 2. The van der Waals surface area contributed by atoms with Gasteiger partial charge in [0.1, 0.15) is 30.1 Å². The first kappa shape index (κ1) is 29.0. The van der Waals surface area contributed by atoms with E-state index < -0.39 is 5.60 Å². The number of amides is 1. The highest BCUT2D eigenvalue weighted by atomic mass is 79.9. The summed E-state index contributed by atoms with van der Waals surface area (Å²) in [7, 11) is 1.66. The van der Waals surface area contributed by atoms with Crippen molar-refractivity contribution in [3.05, 3.63) is 52.0 Å². The molecular formula is C32H39BrN4O5. The van der Waals surface area contributed by atoms with Crippen molar-refractivity contribution >= 4 is 38.7 Å². The summed E-state index contributed by atoms with van der Waals surface area (Å²) in [5.74, 6) is 1.99. The predicted octanol–water partition coefficient (Wildman–Crippen LogP) is 6.46. The molecular weight excluding hydrogens is 600 g/mol. The van der Waals surface area contributed by atoms with Gasteiger partial charge in [-0.3, -0.25) is 0 Å². The fraction of sp³-hybridized carbons (Fsp3) is 0.531. The van der Waals surface area contributed by atoms with Crippen molar-refractivity contribution in [2.75, 3.05) is 31.7 Å². The lowest BCUT2D eigenvalue weighted by molar-refractivity contribution is 0.0214. The molecule has 2 saturated heterocycles. The summed E-state index contributed by atoms with van der Waals surface area (Å²) in [5.41, 5.74) is 2.47. The van der Waals surface area contributed by atoms with E-state index in [9.17, 15) is 4.79 Å². The van der Waals surface area contributed by atoms with Crippen LogP contribution in [0.4, 0.5) is 10.6 Å². The number of hydrogen-bond acceptors (Lipinski definition) is 8. The Kier molecular flexibility index (Phi) is 7.95. The fourth-order valence-corrected chi connectivity index (χ4v) is 6.50. The van der Waals surface area contributed by atoms with E-state index >= 15 is 0 Å². The number of halogens is 1. The third kappa shape index (κ3) is 6.01. The Labute approximate surface area is 255 Å². The molecule has 2 bridgehead atoms. The van der Waals surface area contributed by atoms with Crippen molar-refractivity contribution in [2.45, 2.75) is 83.3 Å². The molecule has 3 aliphatic rings. The predicted molar refractivity (Wildman–Crippen MR) is 164 cm³/mol. The molecule has 2 aliphatic heterocycles. The van der Waals surface area contributed by atoms with Gasteiger partial charge in [-0.2, -0.15) is 9.97 Å². The highest BCUT2D eigenvalue weighted by Gasteiger charge is 2.47. The topological polar surface area (TPSA) is 86.3 Å². The zero-order valence-corrected chi connectivity index (χ0v) is 26.5. The lowest BCUT2D eigenvalue weighted by atomic mass is 10.1. The second kappa shape index (κ2) is 11.5. The summed E-state index contributed by atoms with van der Waals surface area (Å²) in [4.78, 5) is 27.0. The average Bonchev–Trinajstić information content (AvgIpc) is 3.60. The van der Waals surface area contributed by atoms with Crippen molar-refractivity contribution in [1.29, 1.82) is 0 Å². The van der Waals surface area contributed by atoms with Crippen LogP contribution in [-0.4, -0.2) is 71.6 Å². The minimum absolute atomic E-state index is 0.0555. The van der Waals surface area contributed by atoms with Crippen LogP contribution >= 0.6 is 15.9 Å². The number of ether oxygens (including phenoxy) is 4. The second-order valence-corrected chi connectivity index (χ2v) is 13.4. The highest BCUT2D eigenvalue weighted by Crippen LogP contribution is 2.50. The van der Waals surface area contributed by atoms with Crippen LogP contribution < -0.4 is 14.4 Å². The summed E-state index contributed by atoms with van der Waals surface area (Å²) in [6, 6.07) is 12.8. The smallest absolute Gasteiger partial charge is 0.410 e. The van der Waals surface area contributed by atoms with Gasteiger partial charge in [-0.1, -0.05) is 30.3 Å². The molecule has 1 amide bonds. The molecule has 42 heavy (non-hydrogen) atoms. The van der Waals surface area contributed by atoms with Gasteiger partial charge >= 0.3 is 12.1 Å². The Hall–Kier alpha value is -3.11. The number of carbonyl (C=O) groups is 1. The van der Waals surface area contributed by atoms with Crippen LogP contribution in [0.25, 0.3) is 10.9 Å². The molecule has 0 unspecified atom stereocenters. The normalized spacial score (nSPS) is 20.7. The molecule has 3 aromatic rings. The molecule has 9 nitrogen and oxygen atoms in total. The Morgan fingerprint density at radius 1 is 1.10 bits per heavy atom. The highest BCUT2D eigenvalue weighted by molar-refractivity contribution is 9.10. The van der Waals surface area contributed by atoms with Crippen LogP contribution in [0, 0.1) is 0 Å². The van der Waals surface area contributed by atoms with Gasteiger partial charge in [0, 0.05) is 25.6 Å². The Bertz CT molecular complexity index is 1460. The van der Waals surface area contributed by atoms with E-state index in [0.29, 0.717) is 43.5 Å². The molecule has 0 N–H and O–H groups in total. The van der Waals surface area contributed by atoms with Crippen LogP contribution in [0.5, 0.6) is 11.8 Å². The standard InChI is InChI=1S/C32H39BrN4O5/c1-19(39-5)17-41-30-34-27-25(14-24(21-11-12-21)26(33)28(27)40-18-20-9-7-6-8-10-20)29(35-30)36-15-23-13-22(36)16-37(23)31(38)42-32(2,3)4/h6-10,14,19,21-23H,11-13,15-18H2,1-5H3/t19-,22-,23-/m0/s1. The SMILES string of the molecule is CO[C@@H](C)COc1nc(N2C[C@@H]3C[C@H]2CN3C(=O)OC(C)(C)C)c2cc(C3CC3)c(Br)c(OCc3ccccc3)c2n1. The molecule has 2 aromatic carbocycles. The number of methoxy groups -OCH3 is 1. The van der Waals surface area contributed by atoms with E-state index in [4.69, 9.17) is 28.9 Å². The molecule has 3 fully saturated rings. The largest absolute Gasteiger partial charge is 0.485 e. The minimum atomic E-state index is -0.532. The molecule has 0 radical (unpaired) electrons. The summed E-state index contributed by atoms with van der Waals surface area (Å²) >= 11 is 3.88. The van der Waals surface area contributed by atoms with Crippen LogP contribution in [0.1, 0.15) is 64.0 Å². The second-order valence-electron chi connectivity index (χ2n) is 12.6. The monoisotopic (exact) mass is 638 g/mol. The van der Waals surface area contributed by atoms with Crippen molar-refractivity contribution in [3.63, 3.8) is 0 Å². The minimum Gasteiger partial charge on any atom is -0.485 e. The molecule has 6 rings (SSSR count). The summed E-state index contributed by atoms with van der Waals surface area (Å²) in [5, 5.41) is 0.937. The van der Waals surface area contributed by atoms with Gasteiger partial charge in [0.2, 0.25) is 0 Å². The molecule has 224 valence electrons. The van der Waals surface area contributed by atoms with Gasteiger partial charge in [-0.25, -0.2) is 4.79 Å². The molecule has 3 heterocycles. The lowest BCUT2D eigenvalue weighted by Gasteiger charge is -2.36. The van der Waals surface area contributed by atoms with Crippen LogP contribution in [-0.2, 0) is 16.1 Å². The summed E-state index contributed by atoms with van der Waals surface area (Å²) in [6.07, 6.45) is 2.79. The third-order valence-corrected chi connectivity index (χ3v) is 8.92. The van der Waals surface area contributed by atoms with E-state index in [-0.39, 0.29) is 30.3 Å². The number of anilines is 1. The first-order valence-electron chi connectivity index (χ1n) is 14.7. The summed E-state index contributed by atoms with van der Waals surface area (Å²) in [6.45, 7) is 9.64. The number of rotatable bonds is 9. The van der Waals surface area contributed by atoms with Gasteiger partial charge in [0.25, 0.3) is 0 Å². The van der Waals surface area contributed by atoms with E-state index in [1.807, 2.05) is 50.8 Å². The molecule has 0 spiro atoms. The van der Waals surface area contributed by atoms with E-state index in [1.165, 1.54) is 5.56 Å². The Balaban J connectivity index is 1.39. The van der Waals surface area contributed by atoms with Crippen molar-refractivity contribution in [2.24, 2.45) is 0 Å². The molecule has 1 saturated carbocycles. The van der Waals surface area contributed by atoms with Gasteiger partial charge in [0.05, 0.1) is 22.7 Å². The maximum absolute atomic E-state index is 12.9. The van der Waals surface area contributed by atoms with Crippen LogP contribution in [0.15, 0.2) is 40.9 Å². The number of likely N-dealkylation sites (tertiary alicyclic amines) is 1. The first-order valence-corrected chi connectivity index (χ1v) is 15.5.